The molecule has 5 nitrogen and oxygen atoms in total. The molecule has 0 aliphatic carbocycles. The van der Waals surface area contributed by atoms with Crippen molar-refractivity contribution in [2.45, 2.75) is 31.5 Å². The van der Waals surface area contributed by atoms with E-state index in [1.807, 2.05) is 31.2 Å². The Morgan fingerprint density at radius 2 is 2.15 bits per heavy atom. The molecule has 0 unspecified atom stereocenters. The summed E-state index contributed by atoms with van der Waals surface area (Å²) in [6.45, 7) is 2.04. The number of carbonyl (C=O) groups excluding carboxylic acids is 1. The topological polar surface area (TPSA) is 72.8 Å². The van der Waals surface area contributed by atoms with Gasteiger partial charge in [0.15, 0.2) is 0 Å². The van der Waals surface area contributed by atoms with Gasteiger partial charge in [-0.2, -0.15) is 0 Å². The van der Waals surface area contributed by atoms with Crippen molar-refractivity contribution in [2.75, 3.05) is 13.2 Å². The summed E-state index contributed by atoms with van der Waals surface area (Å²) in [5, 5.41) is 21.7. The van der Waals surface area contributed by atoms with Gasteiger partial charge in [-0.3, -0.25) is 0 Å². The van der Waals surface area contributed by atoms with Gasteiger partial charge >= 0.3 is 6.03 Å². The monoisotopic (exact) mass is 342 g/mol. The zero-order chi connectivity index (χ0) is 14.7. The van der Waals surface area contributed by atoms with Gasteiger partial charge in [0.2, 0.25) is 0 Å². The smallest absolute Gasteiger partial charge is 0.318 e. The molecule has 3 atom stereocenters. The highest BCUT2D eigenvalue weighted by atomic mass is 79.9. The summed E-state index contributed by atoms with van der Waals surface area (Å²) >= 11 is 3.37. The first-order valence-corrected chi connectivity index (χ1v) is 7.42. The van der Waals surface area contributed by atoms with Gasteiger partial charge in [0.05, 0.1) is 24.8 Å². The molecule has 20 heavy (non-hydrogen) atoms. The molecule has 1 aliphatic rings. The fourth-order valence-electron chi connectivity index (χ4n) is 2.42. The molecule has 3 N–H and O–H groups in total. The number of nitrogens with one attached hydrogen (secondary N) is 1. The van der Waals surface area contributed by atoms with E-state index in [0.717, 1.165) is 10.0 Å². The van der Waals surface area contributed by atoms with Gasteiger partial charge in [0.1, 0.15) is 0 Å². The van der Waals surface area contributed by atoms with Crippen molar-refractivity contribution in [3.63, 3.8) is 0 Å². The van der Waals surface area contributed by atoms with E-state index in [1.54, 1.807) is 0 Å². The van der Waals surface area contributed by atoms with E-state index in [9.17, 15) is 15.0 Å². The van der Waals surface area contributed by atoms with Gasteiger partial charge in [-0.05, 0) is 31.0 Å². The third-order valence-electron chi connectivity index (χ3n) is 3.57. The van der Waals surface area contributed by atoms with Crippen LogP contribution in [0.2, 0.25) is 0 Å². The van der Waals surface area contributed by atoms with Crippen molar-refractivity contribution in [2.24, 2.45) is 0 Å². The number of amides is 2. The quantitative estimate of drug-likeness (QED) is 0.781. The Hall–Kier alpha value is -1.11. The molecule has 6 heteroatoms. The average Bonchev–Trinajstić information content (AvgIpc) is 2.80. The van der Waals surface area contributed by atoms with Crippen LogP contribution >= 0.6 is 15.9 Å². The van der Waals surface area contributed by atoms with Crippen LogP contribution in [0.5, 0.6) is 0 Å². The summed E-state index contributed by atoms with van der Waals surface area (Å²) < 4.78 is 0.989. The highest BCUT2D eigenvalue weighted by Gasteiger charge is 2.34. The first kappa shape index (κ1) is 15.3. The minimum atomic E-state index is -0.555. The number of nitrogens with zero attached hydrogens (tertiary/aromatic N) is 1. The molecule has 1 aromatic carbocycles. The maximum atomic E-state index is 12.2. The van der Waals surface area contributed by atoms with Gasteiger partial charge in [-0.25, -0.2) is 4.79 Å². The van der Waals surface area contributed by atoms with E-state index in [2.05, 4.69) is 21.2 Å². The molecule has 0 spiro atoms. The Bertz CT molecular complexity index is 466. The Morgan fingerprint density at radius 3 is 2.75 bits per heavy atom. The molecule has 2 amide bonds. The van der Waals surface area contributed by atoms with Crippen molar-refractivity contribution < 1.29 is 15.0 Å². The van der Waals surface area contributed by atoms with Crippen LogP contribution in [0.15, 0.2) is 28.7 Å². The second kappa shape index (κ2) is 6.56. The fraction of sp³-hybridized carbons (Fsp3) is 0.500. The highest BCUT2D eigenvalue weighted by Crippen LogP contribution is 2.20. The second-order valence-electron chi connectivity index (χ2n) is 5.10. The molecule has 0 aromatic heterocycles. The van der Waals surface area contributed by atoms with Crippen molar-refractivity contribution in [1.29, 1.82) is 0 Å². The number of β-amino-alcohol motifs (C(OH)–C–C–N with tert-alkyl or cyclic N) is 1. The fourth-order valence-corrected chi connectivity index (χ4v) is 2.68. The zero-order valence-corrected chi connectivity index (χ0v) is 12.9. The molecule has 110 valence electrons. The maximum Gasteiger partial charge on any atom is 0.318 e. The second-order valence-corrected chi connectivity index (χ2v) is 6.02. The van der Waals surface area contributed by atoms with Crippen molar-refractivity contribution in [3.8, 4) is 0 Å². The Labute approximate surface area is 126 Å². The minimum absolute atomic E-state index is 0.128. The van der Waals surface area contributed by atoms with Crippen LogP contribution in [0.25, 0.3) is 0 Å². The van der Waals surface area contributed by atoms with E-state index in [4.69, 9.17) is 0 Å². The molecule has 0 radical (unpaired) electrons. The molecule has 0 saturated carbocycles. The van der Waals surface area contributed by atoms with E-state index in [1.165, 1.54) is 4.90 Å². The summed E-state index contributed by atoms with van der Waals surface area (Å²) in [7, 11) is 0. The van der Waals surface area contributed by atoms with Gasteiger partial charge < -0.3 is 20.4 Å². The van der Waals surface area contributed by atoms with Crippen LogP contribution in [-0.2, 0) is 0 Å². The van der Waals surface area contributed by atoms with Crippen LogP contribution in [-0.4, -0.2) is 46.4 Å². The van der Waals surface area contributed by atoms with E-state index >= 15 is 0 Å². The number of aliphatic hydroxyl groups is 2. The van der Waals surface area contributed by atoms with Gasteiger partial charge in [0.25, 0.3) is 0 Å². The lowest BCUT2D eigenvalue weighted by Gasteiger charge is -2.25. The first-order valence-electron chi connectivity index (χ1n) is 6.62. The van der Waals surface area contributed by atoms with Crippen molar-refractivity contribution in [3.05, 3.63) is 34.3 Å². The number of hydrogen-bond acceptors (Lipinski definition) is 3. The lowest BCUT2D eigenvalue weighted by atomic mass is 10.1. The lowest BCUT2D eigenvalue weighted by molar-refractivity contribution is 0.153. The summed E-state index contributed by atoms with van der Waals surface area (Å²) in [5.41, 5.74) is 1.00. The standard InChI is InChI=1S/C14H19BrN2O3/c1-9(10-2-4-11(15)5-3-10)16-14(20)17-7-13(19)6-12(17)8-18/h2-5,9,12-13,18-19H,6-8H2,1H3,(H,16,20)/t9-,12+,13+/m1/s1. The van der Waals surface area contributed by atoms with Gasteiger partial charge in [-0.15, -0.1) is 0 Å². The predicted molar refractivity (Wildman–Crippen MR) is 79.3 cm³/mol. The summed E-state index contributed by atoms with van der Waals surface area (Å²) in [6.07, 6.45) is -0.128. The molecular formula is C14H19BrN2O3. The molecule has 1 heterocycles. The van der Waals surface area contributed by atoms with Crippen molar-refractivity contribution in [1.82, 2.24) is 10.2 Å². The average molecular weight is 343 g/mol. The third kappa shape index (κ3) is 3.50. The minimum Gasteiger partial charge on any atom is -0.394 e. The van der Waals surface area contributed by atoms with Crippen molar-refractivity contribution >= 4 is 22.0 Å². The third-order valence-corrected chi connectivity index (χ3v) is 4.10. The van der Waals surface area contributed by atoms with Gasteiger partial charge in [0, 0.05) is 11.0 Å². The Kier molecular flexibility index (Phi) is 5.01. The number of urea groups is 1. The van der Waals surface area contributed by atoms with Crippen LogP contribution in [0.3, 0.4) is 0 Å². The van der Waals surface area contributed by atoms with E-state index in [0.29, 0.717) is 6.42 Å². The summed E-state index contributed by atoms with van der Waals surface area (Å²) in [6, 6.07) is 7.04. The van der Waals surface area contributed by atoms with Crippen LogP contribution in [0.4, 0.5) is 4.79 Å². The Morgan fingerprint density at radius 1 is 1.50 bits per heavy atom. The molecule has 1 fully saturated rings. The molecule has 1 saturated heterocycles. The summed E-state index contributed by atoms with van der Waals surface area (Å²) in [4.78, 5) is 13.7. The predicted octanol–water partition coefficient (Wildman–Crippen LogP) is 1.65. The molecule has 1 aromatic rings. The number of aliphatic hydroxyl groups excluding tert-OH is 2. The molecule has 2 rings (SSSR count). The molecule has 0 bridgehead atoms. The van der Waals surface area contributed by atoms with Crippen LogP contribution < -0.4 is 5.32 Å². The normalized spacial score (nSPS) is 23.7. The molecular weight excluding hydrogens is 324 g/mol. The van der Waals surface area contributed by atoms with E-state index in [-0.39, 0.29) is 31.3 Å². The maximum absolute atomic E-state index is 12.2. The number of benzene rings is 1. The van der Waals surface area contributed by atoms with E-state index < -0.39 is 6.10 Å². The first-order chi connectivity index (χ1) is 9.51. The lowest BCUT2D eigenvalue weighted by Crippen LogP contribution is -2.45. The van der Waals surface area contributed by atoms with Crippen LogP contribution in [0.1, 0.15) is 24.9 Å². The number of rotatable bonds is 3. The zero-order valence-electron chi connectivity index (χ0n) is 11.3. The number of hydrogen-bond donors (Lipinski definition) is 3. The number of likely N-dealkylation sites (tertiary alicyclic amines) is 1. The Balaban J connectivity index is 1.98. The highest BCUT2D eigenvalue weighted by molar-refractivity contribution is 9.10. The largest absolute Gasteiger partial charge is 0.394 e. The van der Waals surface area contributed by atoms with Crippen LogP contribution in [0, 0.1) is 0 Å². The molecule has 1 aliphatic heterocycles. The number of carbonyl (C=O) groups is 1. The SMILES string of the molecule is C[C@@H](NC(=O)N1C[C@@H](O)C[C@H]1CO)c1ccc(Br)cc1. The van der Waals surface area contributed by atoms with Gasteiger partial charge in [-0.1, -0.05) is 28.1 Å². The summed E-state index contributed by atoms with van der Waals surface area (Å²) in [5.74, 6) is 0. The number of halogens is 1.